The predicted octanol–water partition coefficient (Wildman–Crippen LogP) is 0.514. The van der Waals surface area contributed by atoms with Crippen molar-refractivity contribution in [2.75, 3.05) is 32.7 Å². The van der Waals surface area contributed by atoms with Crippen LogP contribution in [0.2, 0.25) is 0 Å². The van der Waals surface area contributed by atoms with Crippen molar-refractivity contribution >= 4 is 5.95 Å². The molecule has 0 radical (unpaired) electrons. The lowest BCUT2D eigenvalue weighted by molar-refractivity contribution is 0.0789. The van der Waals surface area contributed by atoms with Gasteiger partial charge in [0.1, 0.15) is 6.61 Å². The first kappa shape index (κ1) is 13.4. The number of nitrogen functional groups attached to an aromatic ring is 1. The van der Waals surface area contributed by atoms with E-state index in [-0.39, 0.29) is 18.0 Å². The van der Waals surface area contributed by atoms with Crippen LogP contribution < -0.4 is 15.2 Å². The molecule has 0 aliphatic heterocycles. The zero-order chi connectivity index (χ0) is 12.7. The molecule has 0 aliphatic rings. The first-order valence-electron chi connectivity index (χ1n) is 5.38. The lowest BCUT2D eigenvalue weighted by Crippen LogP contribution is -2.12. The first-order chi connectivity index (χ1) is 8.11. The molecular formula is C10H18N4O3. The Morgan fingerprint density at radius 3 is 2.47 bits per heavy atom. The Bertz CT molecular complexity index is 346. The number of hydrogen-bond acceptors (Lipinski definition) is 7. The highest BCUT2D eigenvalue weighted by atomic mass is 16.5. The average molecular weight is 242 g/mol. The van der Waals surface area contributed by atoms with Crippen LogP contribution in [0.25, 0.3) is 0 Å². The molecule has 0 aliphatic carbocycles. The van der Waals surface area contributed by atoms with Crippen LogP contribution in [0.1, 0.15) is 13.8 Å². The van der Waals surface area contributed by atoms with E-state index in [4.69, 9.17) is 19.9 Å². The van der Waals surface area contributed by atoms with Crippen molar-refractivity contribution in [2.45, 2.75) is 13.8 Å². The SMILES string of the molecule is COc1nc(N)nc(OCCOCC(C)C)n1. The molecule has 1 rings (SSSR count). The van der Waals surface area contributed by atoms with E-state index in [1.165, 1.54) is 7.11 Å². The summed E-state index contributed by atoms with van der Waals surface area (Å²) < 4.78 is 15.4. The molecule has 0 saturated carbocycles. The maximum atomic E-state index is 5.45. The van der Waals surface area contributed by atoms with Gasteiger partial charge in [-0.05, 0) is 5.92 Å². The molecule has 0 amide bonds. The van der Waals surface area contributed by atoms with Gasteiger partial charge < -0.3 is 19.9 Å². The molecule has 7 nitrogen and oxygen atoms in total. The highest BCUT2D eigenvalue weighted by Crippen LogP contribution is 2.09. The number of aromatic nitrogens is 3. The van der Waals surface area contributed by atoms with Crippen molar-refractivity contribution < 1.29 is 14.2 Å². The van der Waals surface area contributed by atoms with Crippen LogP contribution in [0.4, 0.5) is 5.95 Å². The third kappa shape index (κ3) is 5.30. The van der Waals surface area contributed by atoms with Crippen molar-refractivity contribution in [3.8, 4) is 12.0 Å². The molecule has 0 bridgehead atoms. The van der Waals surface area contributed by atoms with Gasteiger partial charge in [0.05, 0.1) is 13.7 Å². The maximum absolute atomic E-state index is 5.45. The van der Waals surface area contributed by atoms with Crippen molar-refractivity contribution in [1.29, 1.82) is 0 Å². The summed E-state index contributed by atoms with van der Waals surface area (Å²) >= 11 is 0. The Kier molecular flexibility index (Phi) is 5.41. The van der Waals surface area contributed by atoms with E-state index < -0.39 is 0 Å². The molecule has 0 aromatic carbocycles. The third-order valence-electron chi connectivity index (χ3n) is 1.70. The third-order valence-corrected chi connectivity index (χ3v) is 1.70. The Balaban J connectivity index is 2.33. The van der Waals surface area contributed by atoms with Gasteiger partial charge in [0.15, 0.2) is 0 Å². The van der Waals surface area contributed by atoms with Gasteiger partial charge in [-0.2, -0.15) is 9.97 Å². The smallest absolute Gasteiger partial charge is 0.324 e. The second-order valence-electron chi connectivity index (χ2n) is 3.78. The summed E-state index contributed by atoms with van der Waals surface area (Å²) in [5.74, 6) is 0.567. The second kappa shape index (κ2) is 6.85. The van der Waals surface area contributed by atoms with Gasteiger partial charge in [-0.25, -0.2) is 0 Å². The molecular weight excluding hydrogens is 224 g/mol. The molecule has 0 atom stereocenters. The van der Waals surface area contributed by atoms with E-state index in [1.807, 2.05) is 0 Å². The molecule has 1 heterocycles. The fourth-order valence-corrected chi connectivity index (χ4v) is 1.02. The first-order valence-corrected chi connectivity index (χ1v) is 5.38. The maximum Gasteiger partial charge on any atom is 0.324 e. The van der Waals surface area contributed by atoms with Crippen molar-refractivity contribution in [2.24, 2.45) is 5.92 Å². The van der Waals surface area contributed by atoms with Gasteiger partial charge in [-0.15, -0.1) is 4.98 Å². The molecule has 7 heteroatoms. The van der Waals surface area contributed by atoms with E-state index in [0.717, 1.165) is 0 Å². The van der Waals surface area contributed by atoms with E-state index in [9.17, 15) is 0 Å². The van der Waals surface area contributed by atoms with Gasteiger partial charge in [0, 0.05) is 6.61 Å². The van der Waals surface area contributed by atoms with Crippen LogP contribution in [-0.4, -0.2) is 41.9 Å². The Hall–Kier alpha value is -1.63. The number of hydrogen-bond donors (Lipinski definition) is 1. The summed E-state index contributed by atoms with van der Waals surface area (Å²) in [5.41, 5.74) is 5.45. The fourth-order valence-electron chi connectivity index (χ4n) is 1.02. The largest absolute Gasteiger partial charge is 0.467 e. The summed E-state index contributed by atoms with van der Waals surface area (Å²) in [5, 5.41) is 0. The summed E-state index contributed by atoms with van der Waals surface area (Å²) in [7, 11) is 1.45. The van der Waals surface area contributed by atoms with Crippen LogP contribution >= 0.6 is 0 Å². The number of rotatable bonds is 7. The fraction of sp³-hybridized carbons (Fsp3) is 0.700. The normalized spacial score (nSPS) is 10.6. The summed E-state index contributed by atoms with van der Waals surface area (Å²) in [6, 6.07) is 0.276. The van der Waals surface area contributed by atoms with Crippen molar-refractivity contribution in [3.05, 3.63) is 0 Å². The van der Waals surface area contributed by atoms with Crippen LogP contribution in [-0.2, 0) is 4.74 Å². The van der Waals surface area contributed by atoms with Gasteiger partial charge in [-0.3, -0.25) is 0 Å². The standard InChI is InChI=1S/C10H18N4O3/c1-7(2)6-16-4-5-17-10-13-8(11)12-9(14-10)15-3/h7H,4-6H2,1-3H3,(H2,11,12,13,14). The second-order valence-corrected chi connectivity index (χ2v) is 3.78. The quantitative estimate of drug-likeness (QED) is 0.696. The van der Waals surface area contributed by atoms with E-state index in [2.05, 4.69) is 28.8 Å². The van der Waals surface area contributed by atoms with Gasteiger partial charge >= 0.3 is 12.0 Å². The molecule has 0 fully saturated rings. The minimum Gasteiger partial charge on any atom is -0.467 e. The molecule has 17 heavy (non-hydrogen) atoms. The summed E-state index contributed by atoms with van der Waals surface area (Å²) in [4.78, 5) is 11.4. The van der Waals surface area contributed by atoms with Crippen LogP contribution in [0.3, 0.4) is 0 Å². The monoisotopic (exact) mass is 242 g/mol. The number of nitrogens with two attached hydrogens (primary N) is 1. The highest BCUT2D eigenvalue weighted by molar-refractivity contribution is 5.20. The molecule has 96 valence electrons. The lowest BCUT2D eigenvalue weighted by Gasteiger charge is -2.08. The Morgan fingerprint density at radius 2 is 1.82 bits per heavy atom. The molecule has 2 N–H and O–H groups in total. The van der Waals surface area contributed by atoms with Crippen molar-refractivity contribution in [3.63, 3.8) is 0 Å². The topological polar surface area (TPSA) is 92.4 Å². The molecule has 0 spiro atoms. The average Bonchev–Trinajstić information content (AvgIpc) is 2.27. The highest BCUT2D eigenvalue weighted by Gasteiger charge is 2.05. The van der Waals surface area contributed by atoms with Crippen LogP contribution in [0, 0.1) is 5.92 Å². The Labute approximate surface area is 100 Å². The van der Waals surface area contributed by atoms with E-state index >= 15 is 0 Å². The minimum absolute atomic E-state index is 0.0648. The summed E-state index contributed by atoms with van der Waals surface area (Å²) in [6.07, 6.45) is 0. The van der Waals surface area contributed by atoms with Crippen molar-refractivity contribution in [1.82, 2.24) is 15.0 Å². The summed E-state index contributed by atoms with van der Waals surface area (Å²) in [6.45, 7) is 5.70. The zero-order valence-electron chi connectivity index (χ0n) is 10.3. The number of anilines is 1. The van der Waals surface area contributed by atoms with Crippen LogP contribution in [0.15, 0.2) is 0 Å². The van der Waals surface area contributed by atoms with Gasteiger partial charge in [0.25, 0.3) is 0 Å². The number of nitrogens with zero attached hydrogens (tertiary/aromatic N) is 3. The van der Waals surface area contributed by atoms with E-state index in [0.29, 0.717) is 25.7 Å². The number of ether oxygens (including phenoxy) is 3. The molecule has 1 aromatic heterocycles. The van der Waals surface area contributed by atoms with E-state index in [1.54, 1.807) is 0 Å². The lowest BCUT2D eigenvalue weighted by atomic mass is 10.2. The predicted molar refractivity (Wildman–Crippen MR) is 61.9 cm³/mol. The molecule has 1 aromatic rings. The van der Waals surface area contributed by atoms with Gasteiger partial charge in [0.2, 0.25) is 5.95 Å². The molecule has 0 unspecified atom stereocenters. The minimum atomic E-state index is 0.0648. The van der Waals surface area contributed by atoms with Crippen LogP contribution in [0.5, 0.6) is 12.0 Å². The van der Waals surface area contributed by atoms with Gasteiger partial charge in [-0.1, -0.05) is 13.8 Å². The number of methoxy groups -OCH3 is 1. The zero-order valence-corrected chi connectivity index (χ0v) is 10.3. The Morgan fingerprint density at radius 1 is 1.12 bits per heavy atom. The molecule has 0 saturated heterocycles.